The largest absolute Gasteiger partial charge is 0.392 e. The molecule has 0 aromatic rings. The lowest BCUT2D eigenvalue weighted by atomic mass is 10.00. The van der Waals surface area contributed by atoms with E-state index in [2.05, 4.69) is 0 Å². The zero-order chi connectivity index (χ0) is 12.9. The summed E-state index contributed by atoms with van der Waals surface area (Å²) in [6.07, 6.45) is 9.31. The summed E-state index contributed by atoms with van der Waals surface area (Å²) in [5.41, 5.74) is 16.7. The van der Waals surface area contributed by atoms with E-state index in [1.807, 2.05) is 0 Å². The first-order valence-electron chi connectivity index (χ1n) is 7.06. The predicted molar refractivity (Wildman–Crippen MR) is 73.6 cm³/mol. The Morgan fingerprint density at radius 3 is 1.82 bits per heavy atom. The first-order chi connectivity index (χ1) is 8.22. The molecule has 4 nitrogen and oxygen atoms in total. The molecule has 0 aliphatic rings. The van der Waals surface area contributed by atoms with E-state index in [0.29, 0.717) is 6.54 Å². The number of aliphatic hydroxyl groups excluding tert-OH is 1. The highest BCUT2D eigenvalue weighted by Crippen LogP contribution is 2.11. The van der Waals surface area contributed by atoms with Gasteiger partial charge in [0.05, 0.1) is 6.10 Å². The van der Waals surface area contributed by atoms with E-state index in [-0.39, 0.29) is 12.1 Å². The van der Waals surface area contributed by atoms with Gasteiger partial charge in [-0.25, -0.2) is 0 Å². The van der Waals surface area contributed by atoms with Crippen molar-refractivity contribution in [3.05, 3.63) is 0 Å². The van der Waals surface area contributed by atoms with Crippen LogP contribution in [-0.2, 0) is 0 Å². The Balaban J connectivity index is 3.28. The molecule has 0 fully saturated rings. The summed E-state index contributed by atoms with van der Waals surface area (Å²) in [5, 5.41) is 9.80. The highest BCUT2D eigenvalue weighted by Gasteiger charge is 2.13. The topological polar surface area (TPSA) is 98.3 Å². The molecule has 0 bridgehead atoms. The van der Waals surface area contributed by atoms with Crippen molar-refractivity contribution < 1.29 is 5.11 Å². The van der Waals surface area contributed by atoms with Gasteiger partial charge in [0.25, 0.3) is 0 Å². The molecule has 17 heavy (non-hydrogen) atoms. The van der Waals surface area contributed by atoms with Gasteiger partial charge in [-0.1, -0.05) is 32.1 Å². The van der Waals surface area contributed by atoms with E-state index < -0.39 is 0 Å². The maximum Gasteiger partial charge on any atom is 0.0691 e. The zero-order valence-corrected chi connectivity index (χ0v) is 11.1. The second kappa shape index (κ2) is 12.3. The smallest absolute Gasteiger partial charge is 0.0691 e. The fourth-order valence-electron chi connectivity index (χ4n) is 1.96. The molecule has 0 spiro atoms. The molecule has 0 aliphatic carbocycles. The van der Waals surface area contributed by atoms with E-state index >= 15 is 0 Å². The van der Waals surface area contributed by atoms with Gasteiger partial charge in [-0.15, -0.1) is 0 Å². The second-order valence-corrected chi connectivity index (χ2v) is 4.86. The van der Waals surface area contributed by atoms with Crippen LogP contribution < -0.4 is 17.2 Å². The van der Waals surface area contributed by atoms with Crippen molar-refractivity contribution >= 4 is 0 Å². The number of nitrogens with two attached hydrogens (primary N) is 3. The lowest BCUT2D eigenvalue weighted by Crippen LogP contribution is -2.35. The highest BCUT2D eigenvalue weighted by molar-refractivity contribution is 4.71. The van der Waals surface area contributed by atoms with Gasteiger partial charge in [0.2, 0.25) is 0 Å². The van der Waals surface area contributed by atoms with Crippen LogP contribution in [0.15, 0.2) is 0 Å². The molecule has 0 aromatic heterocycles. The maximum absolute atomic E-state index is 9.80. The first-order valence-corrected chi connectivity index (χ1v) is 7.06. The molecule has 0 saturated heterocycles. The van der Waals surface area contributed by atoms with E-state index in [9.17, 15) is 5.11 Å². The molecule has 0 saturated carbocycles. The minimum atomic E-state index is -0.356. The van der Waals surface area contributed by atoms with Crippen LogP contribution in [0.4, 0.5) is 0 Å². The van der Waals surface area contributed by atoms with Crippen LogP contribution >= 0.6 is 0 Å². The van der Waals surface area contributed by atoms with E-state index in [1.165, 1.54) is 25.7 Å². The summed E-state index contributed by atoms with van der Waals surface area (Å²) in [6.45, 7) is 1.45. The molecule has 4 heteroatoms. The van der Waals surface area contributed by atoms with E-state index in [0.717, 1.165) is 38.6 Å². The molecular weight excluding hydrogens is 214 g/mol. The summed E-state index contributed by atoms with van der Waals surface area (Å²) in [5.74, 6) is 0. The number of aliphatic hydroxyl groups is 1. The third-order valence-corrected chi connectivity index (χ3v) is 3.19. The zero-order valence-electron chi connectivity index (χ0n) is 11.1. The van der Waals surface area contributed by atoms with Crippen molar-refractivity contribution in [2.75, 3.05) is 13.1 Å². The Hall–Kier alpha value is -0.160. The van der Waals surface area contributed by atoms with Gasteiger partial charge in [0, 0.05) is 6.04 Å². The van der Waals surface area contributed by atoms with Gasteiger partial charge < -0.3 is 22.3 Å². The molecule has 2 unspecified atom stereocenters. The van der Waals surface area contributed by atoms with Crippen molar-refractivity contribution in [2.24, 2.45) is 17.2 Å². The maximum atomic E-state index is 9.80. The van der Waals surface area contributed by atoms with Gasteiger partial charge >= 0.3 is 0 Å². The molecule has 0 aliphatic heterocycles. The van der Waals surface area contributed by atoms with Gasteiger partial charge in [-0.3, -0.25) is 0 Å². The Kier molecular flexibility index (Phi) is 12.2. The Morgan fingerprint density at radius 1 is 0.706 bits per heavy atom. The minimum Gasteiger partial charge on any atom is -0.392 e. The predicted octanol–water partition coefficient (Wildman–Crippen LogP) is 1.10. The van der Waals surface area contributed by atoms with Gasteiger partial charge in [0.1, 0.15) is 0 Å². The van der Waals surface area contributed by atoms with Crippen molar-refractivity contribution in [3.63, 3.8) is 0 Å². The van der Waals surface area contributed by atoms with Crippen LogP contribution in [-0.4, -0.2) is 30.3 Å². The minimum absolute atomic E-state index is 0.101. The summed E-state index contributed by atoms with van der Waals surface area (Å²) < 4.78 is 0. The fourth-order valence-corrected chi connectivity index (χ4v) is 1.96. The third-order valence-electron chi connectivity index (χ3n) is 3.19. The molecular formula is C13H31N3O. The van der Waals surface area contributed by atoms with Crippen LogP contribution in [0.3, 0.4) is 0 Å². The Morgan fingerprint density at radius 2 is 1.24 bits per heavy atom. The molecule has 0 amide bonds. The van der Waals surface area contributed by atoms with Gasteiger partial charge in [-0.2, -0.15) is 0 Å². The second-order valence-electron chi connectivity index (χ2n) is 4.86. The molecule has 0 heterocycles. The number of unbranched alkanes of at least 4 members (excludes halogenated alkanes) is 5. The van der Waals surface area contributed by atoms with E-state index in [1.54, 1.807) is 0 Å². The Bertz CT molecular complexity index is 156. The van der Waals surface area contributed by atoms with Crippen molar-refractivity contribution in [3.8, 4) is 0 Å². The summed E-state index contributed by atoms with van der Waals surface area (Å²) in [7, 11) is 0. The van der Waals surface area contributed by atoms with Crippen LogP contribution in [0.1, 0.15) is 57.8 Å². The van der Waals surface area contributed by atoms with Crippen molar-refractivity contribution in [2.45, 2.75) is 69.9 Å². The quantitative estimate of drug-likeness (QED) is 0.387. The Labute approximate surface area is 106 Å². The third kappa shape index (κ3) is 10.7. The van der Waals surface area contributed by atoms with Crippen LogP contribution in [0, 0.1) is 0 Å². The van der Waals surface area contributed by atoms with Crippen LogP contribution in [0.2, 0.25) is 0 Å². The molecule has 104 valence electrons. The van der Waals surface area contributed by atoms with Gasteiger partial charge in [0.15, 0.2) is 0 Å². The van der Waals surface area contributed by atoms with Crippen molar-refractivity contribution in [1.29, 1.82) is 0 Å². The average Bonchev–Trinajstić information content (AvgIpc) is 2.34. The summed E-state index contributed by atoms with van der Waals surface area (Å²) >= 11 is 0. The van der Waals surface area contributed by atoms with Crippen molar-refractivity contribution in [1.82, 2.24) is 0 Å². The van der Waals surface area contributed by atoms with Crippen LogP contribution in [0.25, 0.3) is 0 Å². The standard InChI is InChI=1S/C13H31N3O/c14-10-6-4-2-1-3-5-9-13(17)12(16)8-7-11-15/h12-13,17H,1-11,14-16H2. The summed E-state index contributed by atoms with van der Waals surface area (Å²) in [4.78, 5) is 0. The number of hydrogen-bond acceptors (Lipinski definition) is 4. The lowest BCUT2D eigenvalue weighted by Gasteiger charge is -2.18. The van der Waals surface area contributed by atoms with Crippen LogP contribution in [0.5, 0.6) is 0 Å². The SMILES string of the molecule is NCCCCCCCCC(O)C(N)CCCN. The fraction of sp³-hybridized carbons (Fsp3) is 1.00. The molecule has 7 N–H and O–H groups in total. The number of hydrogen-bond donors (Lipinski definition) is 4. The normalized spacial score (nSPS) is 14.8. The highest BCUT2D eigenvalue weighted by atomic mass is 16.3. The average molecular weight is 245 g/mol. The monoisotopic (exact) mass is 245 g/mol. The molecule has 0 rings (SSSR count). The summed E-state index contributed by atoms with van der Waals surface area (Å²) in [6, 6.07) is -0.101. The van der Waals surface area contributed by atoms with Gasteiger partial charge in [-0.05, 0) is 38.8 Å². The first kappa shape index (κ1) is 16.8. The molecule has 0 aromatic carbocycles. The molecule has 2 atom stereocenters. The number of rotatable bonds is 12. The lowest BCUT2D eigenvalue weighted by molar-refractivity contribution is 0.127. The molecule has 0 radical (unpaired) electrons. The van der Waals surface area contributed by atoms with E-state index in [4.69, 9.17) is 17.2 Å².